The zero-order valence-electron chi connectivity index (χ0n) is 14.6. The van der Waals surface area contributed by atoms with E-state index in [0.717, 1.165) is 6.29 Å². The molecule has 3 nitrogen and oxygen atoms in total. The van der Waals surface area contributed by atoms with Crippen molar-refractivity contribution >= 4 is 6.29 Å². The van der Waals surface area contributed by atoms with Crippen molar-refractivity contribution in [3.8, 4) is 0 Å². The Kier molecular flexibility index (Phi) is 4.83. The van der Waals surface area contributed by atoms with Crippen molar-refractivity contribution in [3.05, 3.63) is 71.8 Å². The van der Waals surface area contributed by atoms with Crippen molar-refractivity contribution < 1.29 is 9.63 Å². The number of rotatable bonds is 5. The van der Waals surface area contributed by atoms with Crippen LogP contribution >= 0.6 is 0 Å². The van der Waals surface area contributed by atoms with Gasteiger partial charge in [0.25, 0.3) is 0 Å². The molecule has 0 aliphatic carbocycles. The molecule has 0 bridgehead atoms. The summed E-state index contributed by atoms with van der Waals surface area (Å²) in [7, 11) is 0. The quantitative estimate of drug-likeness (QED) is 0.770. The third-order valence-electron chi connectivity index (χ3n) is 4.86. The van der Waals surface area contributed by atoms with Crippen LogP contribution < -0.4 is 0 Å². The zero-order valence-corrected chi connectivity index (χ0v) is 14.6. The molecule has 126 valence electrons. The summed E-state index contributed by atoms with van der Waals surface area (Å²) in [6.07, 6.45) is 1.06. The molecule has 3 heteroatoms. The number of aldehydes is 1. The fourth-order valence-electron chi connectivity index (χ4n) is 3.82. The van der Waals surface area contributed by atoms with Crippen LogP contribution in [-0.4, -0.2) is 24.0 Å². The molecule has 1 fully saturated rings. The van der Waals surface area contributed by atoms with Gasteiger partial charge in [0, 0.05) is 0 Å². The maximum absolute atomic E-state index is 11.8. The first kappa shape index (κ1) is 16.9. The van der Waals surface area contributed by atoms with Crippen molar-refractivity contribution in [3.63, 3.8) is 0 Å². The monoisotopic (exact) mass is 323 g/mol. The maximum atomic E-state index is 11.8. The largest absolute Gasteiger partial charge is 0.303 e. The Morgan fingerprint density at radius 2 is 1.54 bits per heavy atom. The molecule has 0 unspecified atom stereocenters. The summed E-state index contributed by atoms with van der Waals surface area (Å²) >= 11 is 0. The smallest absolute Gasteiger partial charge is 0.129 e. The van der Waals surface area contributed by atoms with Crippen molar-refractivity contribution in [2.75, 3.05) is 6.61 Å². The first-order valence-corrected chi connectivity index (χ1v) is 8.54. The van der Waals surface area contributed by atoms with E-state index in [4.69, 9.17) is 4.84 Å². The highest BCUT2D eigenvalue weighted by molar-refractivity contribution is 5.61. The molecule has 0 radical (unpaired) electrons. The highest BCUT2D eigenvalue weighted by atomic mass is 16.7. The van der Waals surface area contributed by atoms with Gasteiger partial charge in [-0.2, -0.15) is 5.06 Å². The van der Waals surface area contributed by atoms with E-state index < -0.39 is 5.41 Å². The van der Waals surface area contributed by atoms with Crippen LogP contribution in [0.2, 0.25) is 0 Å². The van der Waals surface area contributed by atoms with Gasteiger partial charge in [0.2, 0.25) is 0 Å². The van der Waals surface area contributed by atoms with Crippen LogP contribution in [0.4, 0.5) is 0 Å². The topological polar surface area (TPSA) is 29.5 Å². The number of benzene rings is 2. The molecule has 1 saturated heterocycles. The average Bonchev–Trinajstić information content (AvgIpc) is 2.95. The molecular formula is C21H25NO2. The Morgan fingerprint density at radius 3 is 1.96 bits per heavy atom. The lowest BCUT2D eigenvalue weighted by Crippen LogP contribution is -2.45. The third-order valence-corrected chi connectivity index (χ3v) is 4.86. The molecule has 2 atom stereocenters. The zero-order chi connectivity index (χ0) is 17.2. The second kappa shape index (κ2) is 6.88. The molecule has 24 heavy (non-hydrogen) atoms. The van der Waals surface area contributed by atoms with Crippen LogP contribution in [0.15, 0.2) is 60.7 Å². The third kappa shape index (κ3) is 3.02. The standard InChI is InChI=1S/C21H25NO2/c1-16(2)20-21(3,14-23)15-24-22(20)19(17-10-6-4-7-11-17)18-12-8-5-9-13-18/h4-14,16,19-20H,15H2,1-3H3/t20-,21+/m1/s1. The Balaban J connectivity index is 2.08. The summed E-state index contributed by atoms with van der Waals surface area (Å²) in [6.45, 7) is 6.73. The predicted molar refractivity (Wildman–Crippen MR) is 95.3 cm³/mol. The van der Waals surface area contributed by atoms with E-state index in [2.05, 4.69) is 38.1 Å². The van der Waals surface area contributed by atoms with Crippen LogP contribution in [-0.2, 0) is 9.63 Å². The van der Waals surface area contributed by atoms with Gasteiger partial charge >= 0.3 is 0 Å². The molecule has 1 aliphatic heterocycles. The number of carbonyl (C=O) groups excluding carboxylic acids is 1. The molecule has 3 rings (SSSR count). The lowest BCUT2D eigenvalue weighted by molar-refractivity contribution is -0.162. The fraction of sp³-hybridized carbons (Fsp3) is 0.381. The first-order chi connectivity index (χ1) is 11.6. The highest BCUT2D eigenvalue weighted by Crippen LogP contribution is 2.43. The summed E-state index contributed by atoms with van der Waals surface area (Å²) < 4.78 is 0. The second-order valence-electron chi connectivity index (χ2n) is 7.17. The van der Waals surface area contributed by atoms with Gasteiger partial charge in [-0.05, 0) is 24.0 Å². The van der Waals surface area contributed by atoms with Gasteiger partial charge in [-0.3, -0.25) is 4.84 Å². The van der Waals surface area contributed by atoms with Gasteiger partial charge < -0.3 is 4.79 Å². The SMILES string of the molecule is CC(C)[C@H]1N(C(c2ccccc2)c2ccccc2)OC[C@]1(C)C=O. The van der Waals surface area contributed by atoms with Crippen LogP contribution in [0.3, 0.4) is 0 Å². The van der Waals surface area contributed by atoms with Gasteiger partial charge in [-0.15, -0.1) is 0 Å². The van der Waals surface area contributed by atoms with Crippen LogP contribution in [0.5, 0.6) is 0 Å². The second-order valence-corrected chi connectivity index (χ2v) is 7.17. The summed E-state index contributed by atoms with van der Waals surface area (Å²) in [5.74, 6) is 0.303. The van der Waals surface area contributed by atoms with Gasteiger partial charge in [0.15, 0.2) is 0 Å². The lowest BCUT2D eigenvalue weighted by atomic mass is 9.78. The molecule has 1 aliphatic rings. The minimum atomic E-state index is -0.490. The van der Waals surface area contributed by atoms with E-state index in [0.29, 0.717) is 12.5 Å². The van der Waals surface area contributed by atoms with E-state index in [1.807, 2.05) is 48.4 Å². The molecule has 2 aromatic rings. The summed E-state index contributed by atoms with van der Waals surface area (Å²) in [5, 5.41) is 2.05. The minimum absolute atomic E-state index is 0.0263. The van der Waals surface area contributed by atoms with Gasteiger partial charge in [0.05, 0.1) is 24.1 Å². The number of nitrogens with zero attached hydrogens (tertiary/aromatic N) is 1. The fourth-order valence-corrected chi connectivity index (χ4v) is 3.82. The number of carbonyl (C=O) groups is 1. The minimum Gasteiger partial charge on any atom is -0.303 e. The van der Waals surface area contributed by atoms with E-state index >= 15 is 0 Å². The van der Waals surface area contributed by atoms with Crippen LogP contribution in [0.1, 0.15) is 37.9 Å². The highest BCUT2D eigenvalue weighted by Gasteiger charge is 2.49. The molecule has 0 spiro atoms. The summed E-state index contributed by atoms with van der Waals surface area (Å²) in [6, 6.07) is 20.7. The summed E-state index contributed by atoms with van der Waals surface area (Å²) in [4.78, 5) is 17.9. The normalized spacial score (nSPS) is 24.6. The Morgan fingerprint density at radius 1 is 1.04 bits per heavy atom. The van der Waals surface area contributed by atoms with Crippen LogP contribution in [0.25, 0.3) is 0 Å². The maximum Gasteiger partial charge on any atom is 0.129 e. The molecular weight excluding hydrogens is 298 g/mol. The first-order valence-electron chi connectivity index (χ1n) is 8.54. The number of hydroxylamine groups is 2. The van der Waals surface area contributed by atoms with Crippen molar-refractivity contribution in [2.45, 2.75) is 32.9 Å². The number of hydrogen-bond acceptors (Lipinski definition) is 3. The Hall–Kier alpha value is -1.97. The average molecular weight is 323 g/mol. The van der Waals surface area contributed by atoms with Crippen LogP contribution in [0, 0.1) is 11.3 Å². The molecule has 1 heterocycles. The van der Waals surface area contributed by atoms with Crippen molar-refractivity contribution in [2.24, 2.45) is 11.3 Å². The molecule has 2 aromatic carbocycles. The van der Waals surface area contributed by atoms with E-state index in [9.17, 15) is 4.79 Å². The Labute approximate surface area is 144 Å². The predicted octanol–water partition coefficient (Wildman–Crippen LogP) is 4.25. The van der Waals surface area contributed by atoms with Crippen molar-refractivity contribution in [1.82, 2.24) is 5.06 Å². The van der Waals surface area contributed by atoms with Gasteiger partial charge in [-0.25, -0.2) is 0 Å². The van der Waals surface area contributed by atoms with Crippen molar-refractivity contribution in [1.29, 1.82) is 0 Å². The summed E-state index contributed by atoms with van der Waals surface area (Å²) in [5.41, 5.74) is 1.85. The van der Waals surface area contributed by atoms with Gasteiger partial charge in [-0.1, -0.05) is 74.5 Å². The molecule has 0 N–H and O–H groups in total. The van der Waals surface area contributed by atoms with E-state index in [1.54, 1.807) is 0 Å². The Bertz CT molecular complexity index is 631. The number of hydrogen-bond donors (Lipinski definition) is 0. The van der Waals surface area contributed by atoms with E-state index in [-0.39, 0.29) is 12.1 Å². The molecule has 0 saturated carbocycles. The lowest BCUT2D eigenvalue weighted by Gasteiger charge is -2.37. The molecule has 0 aromatic heterocycles. The van der Waals surface area contributed by atoms with E-state index in [1.165, 1.54) is 11.1 Å². The molecule has 0 amide bonds. The van der Waals surface area contributed by atoms with Gasteiger partial charge in [0.1, 0.15) is 6.29 Å².